The highest BCUT2D eigenvalue weighted by Gasteiger charge is 2.32. The van der Waals surface area contributed by atoms with E-state index in [1.165, 1.54) is 11.6 Å². The van der Waals surface area contributed by atoms with Gasteiger partial charge in [0, 0.05) is 45.4 Å². The first-order valence-corrected chi connectivity index (χ1v) is 10.3. The number of hydrogen-bond donors (Lipinski definition) is 0. The maximum Gasteiger partial charge on any atom is 0.173 e. The van der Waals surface area contributed by atoms with Crippen molar-refractivity contribution in [3.8, 4) is 0 Å². The van der Waals surface area contributed by atoms with Crippen LogP contribution in [0.2, 0.25) is 0 Å². The number of aromatic nitrogens is 4. The zero-order valence-electron chi connectivity index (χ0n) is 17.2. The van der Waals surface area contributed by atoms with Crippen LogP contribution in [0.3, 0.4) is 0 Å². The summed E-state index contributed by atoms with van der Waals surface area (Å²) in [7, 11) is 1.64. The molecule has 2 aromatic carbocycles. The minimum atomic E-state index is -0.336. The third-order valence-electron chi connectivity index (χ3n) is 5.53. The molecule has 1 saturated heterocycles. The summed E-state index contributed by atoms with van der Waals surface area (Å²) < 4.78 is 21.7. The van der Waals surface area contributed by atoms with Crippen molar-refractivity contribution in [3.63, 3.8) is 0 Å². The molecule has 1 atom stereocenters. The second-order valence-corrected chi connectivity index (χ2v) is 7.47. The second kappa shape index (κ2) is 9.88. The van der Waals surface area contributed by atoms with Gasteiger partial charge in [-0.25, -0.2) is 9.07 Å². The van der Waals surface area contributed by atoms with Gasteiger partial charge in [-0.3, -0.25) is 9.80 Å². The standard InChI is InChI=1S/C22H27FN6O/c1-30-16-15-29-22(24-25-26-29)21(19-9-5-6-10-20(19)23)28-13-11-27(12-14-28)17-18-7-3-2-4-8-18/h2-10,21H,11-17H2,1H3/t21-/m0/s1. The molecular weight excluding hydrogens is 383 g/mol. The Hall–Kier alpha value is -2.68. The highest BCUT2D eigenvalue weighted by Crippen LogP contribution is 2.30. The summed E-state index contributed by atoms with van der Waals surface area (Å²) >= 11 is 0. The Morgan fingerprint density at radius 1 is 1.00 bits per heavy atom. The lowest BCUT2D eigenvalue weighted by atomic mass is 10.0. The quantitative estimate of drug-likeness (QED) is 0.568. The largest absolute Gasteiger partial charge is 0.383 e. The summed E-state index contributed by atoms with van der Waals surface area (Å²) in [5.41, 5.74) is 1.91. The van der Waals surface area contributed by atoms with Crippen LogP contribution in [-0.4, -0.2) is 69.9 Å². The van der Waals surface area contributed by atoms with Gasteiger partial charge in [0.05, 0.1) is 13.2 Å². The van der Waals surface area contributed by atoms with Gasteiger partial charge >= 0.3 is 0 Å². The van der Waals surface area contributed by atoms with Crippen LogP contribution in [0, 0.1) is 5.82 Å². The Morgan fingerprint density at radius 2 is 1.73 bits per heavy atom. The molecule has 0 N–H and O–H groups in total. The Labute approximate surface area is 176 Å². The fourth-order valence-corrected chi connectivity index (χ4v) is 3.96. The summed E-state index contributed by atoms with van der Waals surface area (Å²) in [5, 5.41) is 12.2. The lowest BCUT2D eigenvalue weighted by molar-refractivity contribution is 0.0976. The van der Waals surface area contributed by atoms with Gasteiger partial charge in [-0.05, 0) is 22.1 Å². The monoisotopic (exact) mass is 410 g/mol. The van der Waals surface area contributed by atoms with Crippen molar-refractivity contribution in [2.75, 3.05) is 39.9 Å². The van der Waals surface area contributed by atoms with Crippen molar-refractivity contribution < 1.29 is 9.13 Å². The maximum atomic E-state index is 14.8. The fraction of sp³-hybridized carbons (Fsp3) is 0.409. The fourth-order valence-electron chi connectivity index (χ4n) is 3.96. The predicted molar refractivity (Wildman–Crippen MR) is 111 cm³/mol. The molecule has 0 aliphatic carbocycles. The number of ether oxygens (including phenoxy) is 1. The van der Waals surface area contributed by atoms with E-state index in [2.05, 4.69) is 49.6 Å². The highest BCUT2D eigenvalue weighted by atomic mass is 19.1. The van der Waals surface area contributed by atoms with Gasteiger partial charge in [-0.2, -0.15) is 0 Å². The summed E-state index contributed by atoms with van der Waals surface area (Å²) in [5.74, 6) is 0.407. The molecule has 8 heteroatoms. The average molecular weight is 410 g/mol. The SMILES string of the molecule is COCCn1nnnc1[C@H](c1ccccc1F)N1CCN(Cc2ccccc2)CC1. The van der Waals surface area contributed by atoms with Crippen molar-refractivity contribution in [1.82, 2.24) is 30.0 Å². The number of piperazine rings is 1. The smallest absolute Gasteiger partial charge is 0.173 e. The summed E-state index contributed by atoms with van der Waals surface area (Å²) in [6.45, 7) is 5.36. The van der Waals surface area contributed by atoms with E-state index in [1.54, 1.807) is 17.9 Å². The predicted octanol–water partition coefficient (Wildman–Crippen LogP) is 2.37. The minimum absolute atomic E-state index is 0.240. The van der Waals surface area contributed by atoms with Crippen LogP contribution in [0.15, 0.2) is 54.6 Å². The van der Waals surface area contributed by atoms with E-state index in [4.69, 9.17) is 4.74 Å². The first-order valence-electron chi connectivity index (χ1n) is 10.3. The molecule has 0 spiro atoms. The van der Waals surface area contributed by atoms with Crippen molar-refractivity contribution >= 4 is 0 Å². The van der Waals surface area contributed by atoms with E-state index in [-0.39, 0.29) is 11.9 Å². The number of benzene rings is 2. The number of nitrogens with zero attached hydrogens (tertiary/aromatic N) is 6. The van der Waals surface area contributed by atoms with Crippen LogP contribution in [0.25, 0.3) is 0 Å². The first kappa shape index (κ1) is 20.6. The number of halogens is 1. The van der Waals surface area contributed by atoms with Gasteiger partial charge in [0.15, 0.2) is 5.82 Å². The zero-order valence-corrected chi connectivity index (χ0v) is 17.2. The lowest BCUT2D eigenvalue weighted by Gasteiger charge is -2.39. The molecule has 1 aliphatic rings. The van der Waals surface area contributed by atoms with Crippen LogP contribution in [-0.2, 0) is 17.8 Å². The molecule has 0 radical (unpaired) electrons. The Kier molecular flexibility index (Phi) is 6.78. The molecule has 4 rings (SSSR count). The molecule has 0 amide bonds. The topological polar surface area (TPSA) is 59.3 Å². The zero-order chi connectivity index (χ0) is 20.8. The second-order valence-electron chi connectivity index (χ2n) is 7.47. The van der Waals surface area contributed by atoms with Gasteiger partial charge in [0.25, 0.3) is 0 Å². The van der Waals surface area contributed by atoms with E-state index in [0.717, 1.165) is 32.7 Å². The van der Waals surface area contributed by atoms with Crippen molar-refractivity contribution in [1.29, 1.82) is 0 Å². The average Bonchev–Trinajstić information content (AvgIpc) is 3.24. The molecular formula is C22H27FN6O. The van der Waals surface area contributed by atoms with Crippen LogP contribution < -0.4 is 0 Å². The third-order valence-corrected chi connectivity index (χ3v) is 5.53. The van der Waals surface area contributed by atoms with Crippen molar-refractivity contribution in [3.05, 3.63) is 77.4 Å². The van der Waals surface area contributed by atoms with E-state index in [0.29, 0.717) is 24.5 Å². The van der Waals surface area contributed by atoms with E-state index >= 15 is 0 Å². The summed E-state index contributed by atoms with van der Waals surface area (Å²) in [6, 6.07) is 17.0. The maximum absolute atomic E-state index is 14.8. The molecule has 0 bridgehead atoms. The third kappa shape index (κ3) is 4.72. The molecule has 1 aliphatic heterocycles. The lowest BCUT2D eigenvalue weighted by Crippen LogP contribution is -2.48. The number of rotatable bonds is 8. The Morgan fingerprint density at radius 3 is 2.47 bits per heavy atom. The van der Waals surface area contributed by atoms with Crippen LogP contribution >= 0.6 is 0 Å². The van der Waals surface area contributed by atoms with E-state index < -0.39 is 0 Å². The van der Waals surface area contributed by atoms with Gasteiger partial charge in [0.1, 0.15) is 11.9 Å². The Bertz CT molecular complexity index is 926. The van der Waals surface area contributed by atoms with Gasteiger partial charge in [-0.15, -0.1) is 5.10 Å². The van der Waals surface area contributed by atoms with Crippen LogP contribution in [0.5, 0.6) is 0 Å². The molecule has 0 saturated carbocycles. The summed E-state index contributed by atoms with van der Waals surface area (Å²) in [4.78, 5) is 4.70. The van der Waals surface area contributed by atoms with Crippen molar-refractivity contribution in [2.45, 2.75) is 19.1 Å². The minimum Gasteiger partial charge on any atom is -0.383 e. The molecule has 1 aromatic heterocycles. The number of tetrazole rings is 1. The van der Waals surface area contributed by atoms with Crippen molar-refractivity contribution in [2.24, 2.45) is 0 Å². The molecule has 1 fully saturated rings. The highest BCUT2D eigenvalue weighted by molar-refractivity contribution is 5.27. The molecule has 30 heavy (non-hydrogen) atoms. The first-order chi connectivity index (χ1) is 14.8. The van der Waals surface area contributed by atoms with Gasteiger partial charge in [0.2, 0.25) is 0 Å². The van der Waals surface area contributed by atoms with E-state index in [1.807, 2.05) is 18.2 Å². The number of methoxy groups -OCH3 is 1. The molecule has 2 heterocycles. The van der Waals surface area contributed by atoms with Crippen LogP contribution in [0.1, 0.15) is 23.0 Å². The van der Waals surface area contributed by atoms with Gasteiger partial charge in [-0.1, -0.05) is 48.5 Å². The Balaban J connectivity index is 1.54. The normalized spacial score (nSPS) is 16.6. The van der Waals surface area contributed by atoms with Gasteiger partial charge < -0.3 is 4.74 Å². The molecule has 7 nitrogen and oxygen atoms in total. The molecule has 158 valence electrons. The molecule has 3 aromatic rings. The molecule has 0 unspecified atom stereocenters. The summed E-state index contributed by atoms with van der Waals surface area (Å²) in [6.07, 6.45) is 0. The number of hydrogen-bond acceptors (Lipinski definition) is 6. The van der Waals surface area contributed by atoms with E-state index in [9.17, 15) is 4.39 Å². The van der Waals surface area contributed by atoms with Crippen LogP contribution in [0.4, 0.5) is 4.39 Å².